The van der Waals surface area contributed by atoms with Crippen molar-refractivity contribution in [2.24, 2.45) is 0 Å². The average molecular weight is 317 g/mol. The van der Waals surface area contributed by atoms with Gasteiger partial charge in [-0.25, -0.2) is 9.48 Å². The lowest BCUT2D eigenvalue weighted by Gasteiger charge is -2.06. The number of unbranched alkanes of at least 4 members (excludes halogenated alkanes) is 1. The van der Waals surface area contributed by atoms with Crippen molar-refractivity contribution in [3.05, 3.63) is 35.7 Å². The third kappa shape index (κ3) is 4.87. The van der Waals surface area contributed by atoms with E-state index in [1.807, 2.05) is 0 Å². The number of hydrogen-bond acceptors (Lipinski definition) is 6. The molecule has 0 bridgehead atoms. The topological polar surface area (TPSA) is 99.0 Å². The number of benzene rings is 1. The highest BCUT2D eigenvalue weighted by Crippen LogP contribution is 2.11. The Morgan fingerprint density at radius 1 is 1.26 bits per heavy atom. The summed E-state index contributed by atoms with van der Waals surface area (Å²) in [5.41, 5.74) is 1.02. The Bertz CT molecular complexity index is 666. The van der Waals surface area contributed by atoms with E-state index >= 15 is 0 Å². The van der Waals surface area contributed by atoms with Gasteiger partial charge in [0.2, 0.25) is 5.91 Å². The van der Waals surface area contributed by atoms with E-state index in [1.54, 1.807) is 28.9 Å². The molecule has 23 heavy (non-hydrogen) atoms. The predicted octanol–water partition coefficient (Wildman–Crippen LogP) is 1.79. The minimum Gasteiger partial charge on any atom is -0.454 e. The number of carbonyl (C=O) groups is 2. The van der Waals surface area contributed by atoms with Gasteiger partial charge in [-0.1, -0.05) is 13.3 Å². The van der Waals surface area contributed by atoms with Gasteiger partial charge in [-0.05, 0) is 41.1 Å². The molecule has 8 heteroatoms. The number of amides is 1. The number of carbonyl (C=O) groups excluding carboxylic acids is 2. The van der Waals surface area contributed by atoms with Crippen LogP contribution in [0.4, 0.5) is 5.69 Å². The smallest absolute Gasteiger partial charge is 0.338 e. The van der Waals surface area contributed by atoms with E-state index in [2.05, 4.69) is 27.8 Å². The lowest BCUT2D eigenvalue weighted by Crippen LogP contribution is -2.11. The zero-order chi connectivity index (χ0) is 16.7. The molecule has 1 amide bonds. The Kier molecular flexibility index (Phi) is 5.79. The standard InChI is InChI=1S/C15H19N5O3/c1-3-4-9-20-14(17-18-19-20)10-23-15(22)12-5-7-13(8-6-12)16-11(2)21/h5-8H,3-4,9-10H2,1-2H3,(H,16,21). The molecule has 0 unspecified atom stereocenters. The van der Waals surface area contributed by atoms with Crippen LogP contribution in [0.3, 0.4) is 0 Å². The van der Waals surface area contributed by atoms with Crippen LogP contribution in [0.2, 0.25) is 0 Å². The lowest BCUT2D eigenvalue weighted by molar-refractivity contribution is -0.114. The molecule has 0 saturated heterocycles. The summed E-state index contributed by atoms with van der Waals surface area (Å²) in [5.74, 6) is -0.120. The first-order chi connectivity index (χ1) is 11.1. The summed E-state index contributed by atoms with van der Waals surface area (Å²) in [6, 6.07) is 6.47. The molecule has 122 valence electrons. The van der Waals surface area contributed by atoms with E-state index in [0.717, 1.165) is 12.8 Å². The number of anilines is 1. The van der Waals surface area contributed by atoms with Crippen molar-refractivity contribution in [3.63, 3.8) is 0 Å². The zero-order valence-corrected chi connectivity index (χ0v) is 13.2. The van der Waals surface area contributed by atoms with E-state index < -0.39 is 5.97 Å². The third-order valence-corrected chi connectivity index (χ3v) is 3.10. The van der Waals surface area contributed by atoms with Crippen LogP contribution in [0.5, 0.6) is 0 Å². The Hall–Kier alpha value is -2.77. The molecule has 0 spiro atoms. The zero-order valence-electron chi connectivity index (χ0n) is 13.2. The molecule has 0 atom stereocenters. The van der Waals surface area contributed by atoms with Gasteiger partial charge < -0.3 is 10.1 Å². The highest BCUT2D eigenvalue weighted by Gasteiger charge is 2.11. The lowest BCUT2D eigenvalue weighted by atomic mass is 10.2. The van der Waals surface area contributed by atoms with E-state index in [4.69, 9.17) is 4.74 Å². The molecule has 1 N–H and O–H groups in total. The number of hydrogen-bond donors (Lipinski definition) is 1. The fourth-order valence-corrected chi connectivity index (χ4v) is 1.91. The third-order valence-electron chi connectivity index (χ3n) is 3.10. The summed E-state index contributed by atoms with van der Waals surface area (Å²) in [5, 5.41) is 14.0. The maximum absolute atomic E-state index is 12.0. The quantitative estimate of drug-likeness (QED) is 0.782. The highest BCUT2D eigenvalue weighted by atomic mass is 16.5. The second-order valence-corrected chi connectivity index (χ2v) is 5.01. The Morgan fingerprint density at radius 3 is 2.65 bits per heavy atom. The summed E-state index contributed by atoms with van der Waals surface area (Å²) >= 11 is 0. The number of tetrazole rings is 1. The van der Waals surface area contributed by atoms with E-state index in [1.165, 1.54) is 6.92 Å². The van der Waals surface area contributed by atoms with Crippen molar-refractivity contribution in [2.45, 2.75) is 39.8 Å². The van der Waals surface area contributed by atoms with Gasteiger partial charge in [0.25, 0.3) is 0 Å². The van der Waals surface area contributed by atoms with Gasteiger partial charge in [0.05, 0.1) is 5.56 Å². The Labute approximate surface area is 133 Å². The molecule has 1 aromatic carbocycles. The van der Waals surface area contributed by atoms with Crippen molar-refractivity contribution in [1.82, 2.24) is 20.2 Å². The van der Waals surface area contributed by atoms with Gasteiger partial charge >= 0.3 is 5.97 Å². The summed E-state index contributed by atoms with van der Waals surface area (Å²) < 4.78 is 6.86. The van der Waals surface area contributed by atoms with Crippen LogP contribution >= 0.6 is 0 Å². The minimum atomic E-state index is -0.468. The fourth-order valence-electron chi connectivity index (χ4n) is 1.91. The van der Waals surface area contributed by atoms with Crippen LogP contribution in [0, 0.1) is 0 Å². The van der Waals surface area contributed by atoms with E-state index in [9.17, 15) is 9.59 Å². The second kappa shape index (κ2) is 8.02. The number of esters is 1. The van der Waals surface area contributed by atoms with E-state index in [-0.39, 0.29) is 12.5 Å². The number of aromatic nitrogens is 4. The van der Waals surface area contributed by atoms with Crippen LogP contribution in [0.15, 0.2) is 24.3 Å². The first-order valence-electron chi connectivity index (χ1n) is 7.40. The summed E-state index contributed by atoms with van der Waals surface area (Å²) in [6.07, 6.45) is 1.98. The van der Waals surface area contributed by atoms with Gasteiger partial charge in [-0.2, -0.15) is 0 Å². The number of nitrogens with one attached hydrogen (secondary N) is 1. The molecule has 0 saturated carbocycles. The van der Waals surface area contributed by atoms with Crippen LogP contribution in [0.1, 0.15) is 42.9 Å². The molecule has 0 aliphatic rings. The van der Waals surface area contributed by atoms with Crippen molar-refractivity contribution < 1.29 is 14.3 Å². The normalized spacial score (nSPS) is 10.3. The Balaban J connectivity index is 1.92. The molecule has 0 aliphatic heterocycles. The molecule has 0 fully saturated rings. The number of rotatable bonds is 7. The van der Waals surface area contributed by atoms with Crippen molar-refractivity contribution in [1.29, 1.82) is 0 Å². The fraction of sp³-hybridized carbons (Fsp3) is 0.400. The largest absolute Gasteiger partial charge is 0.454 e. The SMILES string of the molecule is CCCCn1nnnc1COC(=O)c1ccc(NC(C)=O)cc1. The monoisotopic (exact) mass is 317 g/mol. The minimum absolute atomic E-state index is 0.0169. The molecular weight excluding hydrogens is 298 g/mol. The molecule has 2 rings (SSSR count). The van der Waals surface area contributed by atoms with Crippen LogP contribution < -0.4 is 5.32 Å². The first kappa shape index (κ1) is 16.6. The molecule has 1 heterocycles. The van der Waals surface area contributed by atoms with Gasteiger partial charge in [0.15, 0.2) is 12.4 Å². The van der Waals surface area contributed by atoms with Gasteiger partial charge in [0.1, 0.15) is 0 Å². The number of aryl methyl sites for hydroxylation is 1. The van der Waals surface area contributed by atoms with Crippen LogP contribution in [-0.4, -0.2) is 32.1 Å². The van der Waals surface area contributed by atoms with Crippen LogP contribution in [0.25, 0.3) is 0 Å². The average Bonchev–Trinajstić information content (AvgIpc) is 2.98. The number of nitrogens with zero attached hydrogens (tertiary/aromatic N) is 4. The van der Waals surface area contributed by atoms with Gasteiger partial charge in [-0.15, -0.1) is 5.10 Å². The predicted molar refractivity (Wildman–Crippen MR) is 82.6 cm³/mol. The highest BCUT2D eigenvalue weighted by molar-refractivity contribution is 5.92. The van der Waals surface area contributed by atoms with Gasteiger partial charge in [-0.3, -0.25) is 4.79 Å². The summed E-state index contributed by atoms with van der Waals surface area (Å²) in [6.45, 7) is 4.21. The summed E-state index contributed by atoms with van der Waals surface area (Å²) in [4.78, 5) is 23.0. The molecule has 0 radical (unpaired) electrons. The molecule has 0 aliphatic carbocycles. The van der Waals surface area contributed by atoms with Gasteiger partial charge in [0, 0.05) is 19.2 Å². The van der Waals surface area contributed by atoms with Crippen molar-refractivity contribution in [3.8, 4) is 0 Å². The maximum Gasteiger partial charge on any atom is 0.338 e. The number of ether oxygens (including phenoxy) is 1. The molecule has 2 aromatic rings. The maximum atomic E-state index is 12.0. The second-order valence-electron chi connectivity index (χ2n) is 5.01. The molecule has 1 aromatic heterocycles. The van der Waals surface area contributed by atoms with Crippen molar-refractivity contribution in [2.75, 3.05) is 5.32 Å². The molecule has 8 nitrogen and oxygen atoms in total. The molecular formula is C15H19N5O3. The Morgan fingerprint density at radius 2 is 2.00 bits per heavy atom. The van der Waals surface area contributed by atoms with Crippen LogP contribution in [-0.2, 0) is 22.7 Å². The van der Waals surface area contributed by atoms with Crippen molar-refractivity contribution >= 4 is 17.6 Å². The van der Waals surface area contributed by atoms with E-state index in [0.29, 0.717) is 23.6 Å². The summed E-state index contributed by atoms with van der Waals surface area (Å²) in [7, 11) is 0. The first-order valence-corrected chi connectivity index (χ1v) is 7.40.